The van der Waals surface area contributed by atoms with Gasteiger partial charge in [0.1, 0.15) is 29.8 Å². The molecule has 3 atom stereocenters. The molecule has 6 bridgehead atoms. The van der Waals surface area contributed by atoms with Crippen molar-refractivity contribution in [3.63, 3.8) is 0 Å². The maximum absolute atomic E-state index is 17.1. The van der Waals surface area contributed by atoms with E-state index >= 15 is 4.39 Å². The van der Waals surface area contributed by atoms with E-state index in [9.17, 15) is 9.18 Å². The molecule has 0 unspecified atom stereocenters. The normalized spacial score (nSPS) is 26.9. The topological polar surface area (TPSA) is 112 Å². The Morgan fingerprint density at radius 1 is 1.09 bits per heavy atom. The fourth-order valence-electron chi connectivity index (χ4n) is 8.43. The SMILES string of the molecule is C[C@]12CCCCN(C1)c1nc(OC[C@@]34CCCN3C[C@H](F)C4)nc3c(F)c(ncc13)-c1c(c(Cl)cc3[nH]ncc13)CCCCC(=O)N2. The van der Waals surface area contributed by atoms with E-state index in [1.54, 1.807) is 18.5 Å². The number of carbonyl (C=O) groups is 1. The molecule has 2 N–H and O–H groups in total. The number of fused-ring (bicyclic) bond motifs is 8. The predicted molar refractivity (Wildman–Crippen MR) is 176 cm³/mol. The quantitative estimate of drug-likeness (QED) is 0.278. The number of halogens is 3. The van der Waals surface area contributed by atoms with Crippen molar-refractivity contribution in [3.05, 3.63) is 34.9 Å². The van der Waals surface area contributed by atoms with Crippen LogP contribution in [0.5, 0.6) is 6.01 Å². The highest BCUT2D eigenvalue weighted by molar-refractivity contribution is 6.33. The molecule has 248 valence electrons. The lowest BCUT2D eigenvalue weighted by Gasteiger charge is -2.35. The van der Waals surface area contributed by atoms with E-state index < -0.39 is 23.1 Å². The van der Waals surface area contributed by atoms with Crippen LogP contribution in [0, 0.1) is 5.82 Å². The Morgan fingerprint density at radius 3 is 2.85 bits per heavy atom. The van der Waals surface area contributed by atoms with Crippen LogP contribution in [0.2, 0.25) is 5.02 Å². The lowest BCUT2D eigenvalue weighted by atomic mass is 9.93. The van der Waals surface area contributed by atoms with Gasteiger partial charge in [-0.05, 0) is 76.5 Å². The van der Waals surface area contributed by atoms with Gasteiger partial charge in [0.05, 0.1) is 28.2 Å². The number of ether oxygens (including phenoxy) is 1. The Kier molecular flexibility index (Phi) is 7.70. The summed E-state index contributed by atoms with van der Waals surface area (Å²) < 4.78 is 38.0. The van der Waals surface area contributed by atoms with Crippen LogP contribution in [0.3, 0.4) is 0 Å². The Morgan fingerprint density at radius 2 is 1.96 bits per heavy atom. The van der Waals surface area contributed by atoms with Crippen molar-refractivity contribution in [1.29, 1.82) is 0 Å². The molecule has 0 radical (unpaired) electrons. The molecule has 8 heterocycles. The lowest BCUT2D eigenvalue weighted by molar-refractivity contribution is -0.122. The molecule has 4 aromatic rings. The zero-order chi connectivity index (χ0) is 32.3. The number of nitrogens with one attached hydrogen (secondary N) is 2. The van der Waals surface area contributed by atoms with E-state index in [-0.39, 0.29) is 29.7 Å². The van der Waals surface area contributed by atoms with Crippen LogP contribution in [0.1, 0.15) is 70.3 Å². The minimum absolute atomic E-state index is 0.00839. The molecule has 47 heavy (non-hydrogen) atoms. The number of hydrogen-bond acceptors (Lipinski definition) is 8. The molecular weight excluding hydrogens is 626 g/mol. The van der Waals surface area contributed by atoms with Gasteiger partial charge >= 0.3 is 6.01 Å². The van der Waals surface area contributed by atoms with Crippen LogP contribution in [-0.2, 0) is 11.2 Å². The molecule has 10 nitrogen and oxygen atoms in total. The van der Waals surface area contributed by atoms with E-state index in [0.29, 0.717) is 84.4 Å². The molecule has 3 saturated heterocycles. The van der Waals surface area contributed by atoms with Crippen LogP contribution in [-0.4, -0.2) is 86.0 Å². The van der Waals surface area contributed by atoms with E-state index in [4.69, 9.17) is 26.3 Å². The molecule has 0 spiro atoms. The van der Waals surface area contributed by atoms with Gasteiger partial charge in [-0.3, -0.25) is 19.8 Å². The summed E-state index contributed by atoms with van der Waals surface area (Å²) in [7, 11) is 0. The first-order valence-electron chi connectivity index (χ1n) is 16.8. The van der Waals surface area contributed by atoms with Crippen LogP contribution in [0.15, 0.2) is 18.5 Å². The van der Waals surface area contributed by atoms with Gasteiger partial charge in [0.15, 0.2) is 5.82 Å². The highest BCUT2D eigenvalue weighted by atomic mass is 35.5. The highest BCUT2D eigenvalue weighted by Gasteiger charge is 2.49. The number of H-pyrrole nitrogens is 1. The van der Waals surface area contributed by atoms with Crippen molar-refractivity contribution >= 4 is 45.1 Å². The number of aromatic amines is 1. The van der Waals surface area contributed by atoms with Crippen LogP contribution >= 0.6 is 11.6 Å². The molecule has 5 aliphatic heterocycles. The molecule has 9 rings (SSSR count). The number of carbonyl (C=O) groups excluding carboxylic acids is 1. The van der Waals surface area contributed by atoms with Gasteiger partial charge in [-0.2, -0.15) is 15.1 Å². The van der Waals surface area contributed by atoms with Crippen molar-refractivity contribution in [1.82, 2.24) is 35.4 Å². The first-order chi connectivity index (χ1) is 22.7. The largest absolute Gasteiger partial charge is 0.461 e. The summed E-state index contributed by atoms with van der Waals surface area (Å²) in [6.45, 7) is 4.68. The second-order valence-corrected chi connectivity index (χ2v) is 14.5. The number of hydrogen-bond donors (Lipinski definition) is 2. The molecular formula is C34H39ClF2N8O2. The number of alkyl halides is 1. The number of amides is 1. The number of nitrogens with zero attached hydrogens (tertiary/aromatic N) is 6. The summed E-state index contributed by atoms with van der Waals surface area (Å²) >= 11 is 6.83. The second kappa shape index (κ2) is 11.8. The maximum Gasteiger partial charge on any atom is 0.319 e. The van der Waals surface area contributed by atoms with Gasteiger partial charge in [0, 0.05) is 54.6 Å². The monoisotopic (exact) mass is 664 g/mol. The second-order valence-electron chi connectivity index (χ2n) is 14.1. The van der Waals surface area contributed by atoms with E-state index in [0.717, 1.165) is 44.2 Å². The Labute approximate surface area is 276 Å². The minimum Gasteiger partial charge on any atom is -0.461 e. The minimum atomic E-state index is -0.901. The number of aromatic nitrogens is 5. The standard InChI is InChI=1S/C34H39ClF2N8O2/c1-33-9-4-5-11-44(18-33)31-23-15-38-30(27-21(7-2-3-8-26(46)42-33)24(35)13-25-22(27)16-39-43-25)28(37)29(23)40-32(41-31)47-19-34-10-6-12-45(34)17-20(36)14-34/h13,15-16,20H,2-12,14,17-19H2,1H3,(H,39,43)(H,42,46)/t20-,33+,34+/m1/s1. The summed E-state index contributed by atoms with van der Waals surface area (Å²) in [5.41, 5.74) is 1.26. The third-order valence-electron chi connectivity index (χ3n) is 10.7. The van der Waals surface area contributed by atoms with Crippen molar-refractivity contribution < 1.29 is 18.3 Å². The molecule has 3 fully saturated rings. The molecule has 13 heteroatoms. The van der Waals surface area contributed by atoms with Crippen molar-refractivity contribution in [3.8, 4) is 17.3 Å². The molecule has 0 aliphatic carbocycles. The first kappa shape index (κ1) is 30.7. The highest BCUT2D eigenvalue weighted by Crippen LogP contribution is 2.42. The third kappa shape index (κ3) is 5.47. The predicted octanol–water partition coefficient (Wildman–Crippen LogP) is 5.91. The van der Waals surface area contributed by atoms with Gasteiger partial charge in [-0.25, -0.2) is 8.78 Å². The summed E-state index contributed by atoms with van der Waals surface area (Å²) in [4.78, 5) is 31.8. The van der Waals surface area contributed by atoms with Crippen molar-refractivity contribution in [2.45, 2.75) is 88.4 Å². The van der Waals surface area contributed by atoms with Crippen LogP contribution < -0.4 is 15.0 Å². The van der Waals surface area contributed by atoms with Crippen molar-refractivity contribution in [2.24, 2.45) is 0 Å². The smallest absolute Gasteiger partial charge is 0.319 e. The number of anilines is 1. The van der Waals surface area contributed by atoms with Crippen LogP contribution in [0.25, 0.3) is 33.1 Å². The van der Waals surface area contributed by atoms with Gasteiger partial charge < -0.3 is 15.0 Å². The molecule has 1 amide bonds. The van der Waals surface area contributed by atoms with E-state index in [1.807, 2.05) is 0 Å². The molecule has 0 saturated carbocycles. The van der Waals surface area contributed by atoms with Gasteiger partial charge in [0.25, 0.3) is 0 Å². The van der Waals surface area contributed by atoms with Crippen LogP contribution in [0.4, 0.5) is 14.6 Å². The average molecular weight is 665 g/mol. The van der Waals surface area contributed by atoms with Crippen molar-refractivity contribution in [2.75, 3.05) is 37.7 Å². The zero-order valence-corrected chi connectivity index (χ0v) is 27.3. The molecule has 1 aromatic carbocycles. The fraction of sp³-hybridized carbons (Fsp3) is 0.559. The summed E-state index contributed by atoms with van der Waals surface area (Å²) in [6.07, 6.45) is 9.47. The number of rotatable bonds is 3. The Balaban J connectivity index is 1.31. The average Bonchev–Trinajstić information content (AvgIpc) is 3.69. The summed E-state index contributed by atoms with van der Waals surface area (Å²) in [5, 5.41) is 12.1. The first-order valence-corrected chi connectivity index (χ1v) is 17.2. The zero-order valence-electron chi connectivity index (χ0n) is 26.5. The van der Waals surface area contributed by atoms with Gasteiger partial charge in [-0.15, -0.1) is 0 Å². The molecule has 3 aromatic heterocycles. The maximum atomic E-state index is 17.1. The lowest BCUT2D eigenvalue weighted by Crippen LogP contribution is -2.53. The fourth-order valence-corrected chi connectivity index (χ4v) is 8.73. The molecule has 5 aliphatic rings. The van der Waals surface area contributed by atoms with E-state index in [1.165, 1.54) is 0 Å². The third-order valence-corrected chi connectivity index (χ3v) is 11.0. The van der Waals surface area contributed by atoms with Gasteiger partial charge in [0.2, 0.25) is 5.91 Å². The number of pyridine rings is 1. The van der Waals surface area contributed by atoms with Gasteiger partial charge in [-0.1, -0.05) is 11.6 Å². The van der Waals surface area contributed by atoms with E-state index in [2.05, 4.69) is 37.2 Å². The Hall–Kier alpha value is -3.64. The summed E-state index contributed by atoms with van der Waals surface area (Å²) in [6, 6.07) is 1.84. The summed E-state index contributed by atoms with van der Waals surface area (Å²) in [5.74, 6) is -0.0767. The number of benzene rings is 1. The Bertz CT molecular complexity index is 1870.